The molecule has 0 heterocycles. The van der Waals surface area contributed by atoms with E-state index in [9.17, 15) is 4.79 Å². The summed E-state index contributed by atoms with van der Waals surface area (Å²) in [4.78, 5) is 10.5. The van der Waals surface area contributed by atoms with Gasteiger partial charge in [0.15, 0.2) is 0 Å². The topological polar surface area (TPSA) is 42.9 Å². The van der Waals surface area contributed by atoms with Crippen molar-refractivity contribution in [3.8, 4) is 0 Å². The summed E-state index contributed by atoms with van der Waals surface area (Å²) in [6, 6.07) is 0.553. The zero-order chi connectivity index (χ0) is 8.69. The fourth-order valence-corrected chi connectivity index (χ4v) is 0.620. The van der Waals surface area contributed by atoms with E-state index in [1.54, 1.807) is 0 Å². The monoisotopic (exact) mass is 158 g/mol. The van der Waals surface area contributed by atoms with Crippen LogP contribution in [0.25, 0.3) is 0 Å². The van der Waals surface area contributed by atoms with Gasteiger partial charge in [0.25, 0.3) is 0 Å². The van der Waals surface area contributed by atoms with Crippen molar-refractivity contribution < 1.29 is 14.8 Å². The summed E-state index contributed by atoms with van der Waals surface area (Å²) in [6.07, 6.45) is 1.18. The first-order valence-corrected chi connectivity index (χ1v) is 3.79. The lowest BCUT2D eigenvalue weighted by Crippen LogP contribution is -2.89. The second-order valence-electron chi connectivity index (χ2n) is 2.64. The summed E-state index contributed by atoms with van der Waals surface area (Å²) in [7, 11) is 0. The second kappa shape index (κ2) is 5.92. The highest BCUT2D eigenvalue weighted by Gasteiger charge is 1.97. The molecule has 0 aromatic carbocycles. The van der Waals surface area contributed by atoms with Crippen molar-refractivity contribution in [2.45, 2.75) is 19.9 Å². The Morgan fingerprint density at radius 3 is 2.82 bits per heavy atom. The third-order valence-electron chi connectivity index (χ3n) is 1.17. The van der Waals surface area contributed by atoms with E-state index < -0.39 is 0 Å². The first-order chi connectivity index (χ1) is 5.16. The number of hydrogen-bond donors (Lipinski definition) is 1. The van der Waals surface area contributed by atoms with Gasteiger partial charge in [0, 0.05) is 6.08 Å². The summed E-state index contributed by atoms with van der Waals surface area (Å²) in [6.45, 7) is 8.75. The van der Waals surface area contributed by atoms with Gasteiger partial charge in [-0.05, 0) is 13.8 Å². The molecule has 64 valence electrons. The molecule has 11 heavy (non-hydrogen) atoms. The maximum atomic E-state index is 10.5. The molecule has 0 rings (SSSR count). The van der Waals surface area contributed by atoms with Crippen molar-refractivity contribution in [1.29, 1.82) is 0 Å². The molecule has 0 amide bonds. The molecule has 0 spiro atoms. The van der Waals surface area contributed by atoms with E-state index in [0.717, 1.165) is 6.54 Å². The smallest absolute Gasteiger partial charge is 0.330 e. The maximum absolute atomic E-state index is 10.5. The molecule has 0 aliphatic heterocycles. The van der Waals surface area contributed by atoms with E-state index >= 15 is 0 Å². The Morgan fingerprint density at radius 1 is 1.73 bits per heavy atom. The SMILES string of the molecule is C=CC(=O)OCC[NH2+]C(C)C. The van der Waals surface area contributed by atoms with E-state index in [2.05, 4.69) is 25.7 Å². The van der Waals surface area contributed by atoms with Gasteiger partial charge < -0.3 is 10.1 Å². The first-order valence-electron chi connectivity index (χ1n) is 3.79. The Morgan fingerprint density at radius 2 is 2.36 bits per heavy atom. The molecule has 3 heteroatoms. The molecule has 0 aliphatic carbocycles. The van der Waals surface area contributed by atoms with Crippen LogP contribution in [0.15, 0.2) is 12.7 Å². The van der Waals surface area contributed by atoms with Crippen LogP contribution in [-0.2, 0) is 9.53 Å². The molecule has 0 atom stereocenters. The number of quaternary nitrogens is 1. The Labute approximate surface area is 67.4 Å². The molecule has 0 bridgehead atoms. The fourth-order valence-electron chi connectivity index (χ4n) is 0.620. The van der Waals surface area contributed by atoms with Crippen molar-refractivity contribution in [3.05, 3.63) is 12.7 Å². The average Bonchev–Trinajstić information content (AvgIpc) is 1.97. The Balaban J connectivity index is 3.14. The van der Waals surface area contributed by atoms with Crippen LogP contribution in [0, 0.1) is 0 Å². The van der Waals surface area contributed by atoms with Crippen LogP contribution in [0.4, 0.5) is 0 Å². The van der Waals surface area contributed by atoms with Crippen LogP contribution in [0.2, 0.25) is 0 Å². The number of ether oxygens (including phenoxy) is 1. The highest BCUT2D eigenvalue weighted by atomic mass is 16.5. The summed E-state index contributed by atoms with van der Waals surface area (Å²) in [5.74, 6) is -0.345. The van der Waals surface area contributed by atoms with Crippen molar-refractivity contribution in [2.24, 2.45) is 0 Å². The molecule has 0 radical (unpaired) electrons. The molecule has 0 aliphatic rings. The molecule has 0 aromatic rings. The Bertz CT molecular complexity index is 132. The zero-order valence-electron chi connectivity index (χ0n) is 7.17. The fraction of sp³-hybridized carbons (Fsp3) is 0.625. The standard InChI is InChI=1S/C8H15NO2/c1-4-8(10)11-6-5-9-7(2)3/h4,7,9H,1,5-6H2,2-3H3/p+1. The molecule has 0 fully saturated rings. The Kier molecular flexibility index (Phi) is 5.47. The minimum absolute atomic E-state index is 0.345. The molecule has 0 aromatic heterocycles. The summed E-state index contributed by atoms with van der Waals surface area (Å²) >= 11 is 0. The summed E-state index contributed by atoms with van der Waals surface area (Å²) in [5, 5.41) is 2.11. The van der Waals surface area contributed by atoms with Gasteiger partial charge in [-0.15, -0.1) is 0 Å². The van der Waals surface area contributed by atoms with E-state index in [1.807, 2.05) is 0 Å². The van der Waals surface area contributed by atoms with Gasteiger partial charge in [-0.3, -0.25) is 0 Å². The minimum Gasteiger partial charge on any atom is -0.457 e. The van der Waals surface area contributed by atoms with Crippen molar-refractivity contribution in [1.82, 2.24) is 0 Å². The molecule has 0 saturated heterocycles. The van der Waals surface area contributed by atoms with Crippen LogP contribution >= 0.6 is 0 Å². The third-order valence-corrected chi connectivity index (χ3v) is 1.17. The average molecular weight is 158 g/mol. The molecule has 0 unspecified atom stereocenters. The predicted molar refractivity (Wildman–Crippen MR) is 43.1 cm³/mol. The van der Waals surface area contributed by atoms with Gasteiger partial charge >= 0.3 is 5.97 Å². The van der Waals surface area contributed by atoms with Crippen molar-refractivity contribution >= 4 is 5.97 Å². The molecule has 2 N–H and O–H groups in total. The van der Waals surface area contributed by atoms with Crippen molar-refractivity contribution in [2.75, 3.05) is 13.2 Å². The lowest BCUT2D eigenvalue weighted by Gasteiger charge is -2.04. The van der Waals surface area contributed by atoms with Gasteiger partial charge in [0.1, 0.15) is 13.2 Å². The van der Waals surface area contributed by atoms with Crippen LogP contribution in [-0.4, -0.2) is 25.2 Å². The van der Waals surface area contributed by atoms with Crippen LogP contribution in [0.1, 0.15) is 13.8 Å². The number of carbonyl (C=O) groups excluding carboxylic acids is 1. The van der Waals surface area contributed by atoms with Crippen LogP contribution < -0.4 is 5.32 Å². The number of carbonyl (C=O) groups is 1. The molecule has 0 saturated carbocycles. The van der Waals surface area contributed by atoms with Crippen LogP contribution in [0.3, 0.4) is 0 Å². The highest BCUT2D eigenvalue weighted by Crippen LogP contribution is 1.75. The van der Waals surface area contributed by atoms with Crippen LogP contribution in [0.5, 0.6) is 0 Å². The van der Waals surface area contributed by atoms with Gasteiger partial charge in [-0.25, -0.2) is 4.79 Å². The zero-order valence-corrected chi connectivity index (χ0v) is 7.17. The minimum atomic E-state index is -0.345. The molecular formula is C8H16NO2+. The second-order valence-corrected chi connectivity index (χ2v) is 2.64. The van der Waals surface area contributed by atoms with Crippen molar-refractivity contribution in [3.63, 3.8) is 0 Å². The lowest BCUT2D eigenvalue weighted by molar-refractivity contribution is -0.683. The number of rotatable bonds is 5. The van der Waals surface area contributed by atoms with Gasteiger partial charge in [-0.2, -0.15) is 0 Å². The number of nitrogens with two attached hydrogens (primary N) is 1. The predicted octanol–water partition coefficient (Wildman–Crippen LogP) is -0.313. The quantitative estimate of drug-likeness (QED) is 0.339. The summed E-state index contributed by atoms with van der Waals surface area (Å²) < 4.78 is 4.75. The van der Waals surface area contributed by atoms with E-state index in [0.29, 0.717) is 12.6 Å². The molecular weight excluding hydrogens is 142 g/mol. The maximum Gasteiger partial charge on any atom is 0.330 e. The first kappa shape index (κ1) is 10.2. The lowest BCUT2D eigenvalue weighted by atomic mass is 10.4. The normalized spacial score (nSPS) is 9.73. The van der Waals surface area contributed by atoms with Gasteiger partial charge in [0.2, 0.25) is 0 Å². The highest BCUT2D eigenvalue weighted by molar-refractivity contribution is 5.81. The number of esters is 1. The third kappa shape index (κ3) is 7.06. The molecule has 3 nitrogen and oxygen atoms in total. The Hall–Kier alpha value is -0.830. The van der Waals surface area contributed by atoms with E-state index in [4.69, 9.17) is 4.74 Å². The summed E-state index contributed by atoms with van der Waals surface area (Å²) in [5.41, 5.74) is 0. The van der Waals surface area contributed by atoms with Gasteiger partial charge in [-0.1, -0.05) is 6.58 Å². The number of hydrogen-bond acceptors (Lipinski definition) is 2. The van der Waals surface area contributed by atoms with Gasteiger partial charge in [0.05, 0.1) is 6.04 Å². The van der Waals surface area contributed by atoms with E-state index in [-0.39, 0.29) is 5.97 Å². The van der Waals surface area contributed by atoms with E-state index in [1.165, 1.54) is 6.08 Å². The largest absolute Gasteiger partial charge is 0.457 e.